The van der Waals surface area contributed by atoms with Crippen molar-refractivity contribution in [2.75, 3.05) is 28.8 Å². The van der Waals surface area contributed by atoms with Crippen molar-refractivity contribution in [1.29, 1.82) is 0 Å². The van der Waals surface area contributed by atoms with Crippen LogP contribution in [0.4, 0.5) is 11.4 Å². The van der Waals surface area contributed by atoms with Crippen molar-refractivity contribution in [2.24, 2.45) is 0 Å². The Kier molecular flexibility index (Phi) is 5.21. The van der Waals surface area contributed by atoms with E-state index >= 15 is 0 Å². The molecular formula is C12H18ClN3O4S2. The van der Waals surface area contributed by atoms with E-state index in [1.165, 1.54) is 22.5 Å². The topological polar surface area (TPSA) is 95.6 Å². The second kappa shape index (κ2) is 6.61. The highest BCUT2D eigenvalue weighted by molar-refractivity contribution is 7.92. The fraction of sp³-hybridized carbons (Fsp3) is 0.500. The van der Waals surface area contributed by atoms with Crippen LogP contribution in [0.1, 0.15) is 19.3 Å². The van der Waals surface area contributed by atoms with Crippen LogP contribution in [0.5, 0.6) is 0 Å². The number of benzene rings is 1. The minimum absolute atomic E-state index is 0.140. The van der Waals surface area contributed by atoms with Crippen LogP contribution in [0.15, 0.2) is 18.2 Å². The lowest BCUT2D eigenvalue weighted by atomic mass is 10.2. The highest BCUT2D eigenvalue weighted by Gasteiger charge is 2.24. The normalized spacial score (nSPS) is 17.2. The van der Waals surface area contributed by atoms with E-state index in [-0.39, 0.29) is 16.4 Å². The van der Waals surface area contributed by atoms with Gasteiger partial charge in [0.2, 0.25) is 10.0 Å². The molecule has 2 rings (SSSR count). The Morgan fingerprint density at radius 3 is 2.27 bits per heavy atom. The molecule has 0 atom stereocenters. The molecule has 0 radical (unpaired) electrons. The van der Waals surface area contributed by atoms with Crippen LogP contribution < -0.4 is 9.44 Å². The summed E-state index contributed by atoms with van der Waals surface area (Å²) >= 11 is 5.99. The van der Waals surface area contributed by atoms with Gasteiger partial charge in [-0.2, -0.15) is 12.7 Å². The van der Waals surface area contributed by atoms with Crippen LogP contribution in [-0.4, -0.2) is 40.5 Å². The van der Waals surface area contributed by atoms with E-state index in [9.17, 15) is 16.8 Å². The van der Waals surface area contributed by atoms with Crippen LogP contribution in [-0.2, 0) is 20.2 Å². The zero-order chi connectivity index (χ0) is 16.4. The number of anilines is 2. The third-order valence-corrected chi connectivity index (χ3v) is 5.62. The summed E-state index contributed by atoms with van der Waals surface area (Å²) < 4.78 is 53.2. The number of halogens is 1. The van der Waals surface area contributed by atoms with E-state index in [1.54, 1.807) is 0 Å². The molecule has 1 aromatic carbocycles. The van der Waals surface area contributed by atoms with E-state index < -0.39 is 20.2 Å². The van der Waals surface area contributed by atoms with Gasteiger partial charge in [0.25, 0.3) is 0 Å². The smallest absolute Gasteiger partial charge is 0.284 e. The molecule has 0 bridgehead atoms. The Balaban J connectivity index is 2.22. The summed E-state index contributed by atoms with van der Waals surface area (Å²) in [6.45, 7) is 0.933. The van der Waals surface area contributed by atoms with Gasteiger partial charge < -0.3 is 0 Å². The van der Waals surface area contributed by atoms with Gasteiger partial charge in [0.15, 0.2) is 0 Å². The predicted octanol–water partition coefficient (Wildman–Crippen LogP) is 1.85. The van der Waals surface area contributed by atoms with Gasteiger partial charge in [0.05, 0.1) is 22.7 Å². The van der Waals surface area contributed by atoms with Crippen LogP contribution in [0.25, 0.3) is 0 Å². The highest BCUT2D eigenvalue weighted by Crippen LogP contribution is 2.28. The molecule has 1 aliphatic rings. The third kappa shape index (κ3) is 4.73. The van der Waals surface area contributed by atoms with Gasteiger partial charge in [-0.05, 0) is 31.0 Å². The van der Waals surface area contributed by atoms with Gasteiger partial charge in [0.1, 0.15) is 0 Å². The maximum Gasteiger partial charge on any atom is 0.301 e. The summed E-state index contributed by atoms with van der Waals surface area (Å²) in [6, 6.07) is 4.25. The summed E-state index contributed by atoms with van der Waals surface area (Å²) in [5.41, 5.74) is 0.379. The van der Waals surface area contributed by atoms with Gasteiger partial charge in [-0.3, -0.25) is 9.44 Å². The predicted molar refractivity (Wildman–Crippen MR) is 87.9 cm³/mol. The molecule has 0 saturated carbocycles. The van der Waals surface area contributed by atoms with Crippen LogP contribution >= 0.6 is 11.6 Å². The van der Waals surface area contributed by atoms with Crippen molar-refractivity contribution in [3.8, 4) is 0 Å². The first-order chi connectivity index (χ1) is 10.2. The molecule has 0 amide bonds. The molecule has 0 aromatic heterocycles. The fourth-order valence-corrected chi connectivity index (χ4v) is 4.28. The van der Waals surface area contributed by atoms with Gasteiger partial charge in [0, 0.05) is 13.1 Å². The number of nitrogens with zero attached hydrogens (tertiary/aromatic N) is 1. The molecule has 2 N–H and O–H groups in total. The van der Waals surface area contributed by atoms with Crippen molar-refractivity contribution in [3.63, 3.8) is 0 Å². The minimum atomic E-state index is -3.70. The quantitative estimate of drug-likeness (QED) is 0.830. The molecule has 1 heterocycles. The third-order valence-electron chi connectivity index (χ3n) is 3.16. The van der Waals surface area contributed by atoms with Crippen molar-refractivity contribution < 1.29 is 16.8 Å². The molecule has 22 heavy (non-hydrogen) atoms. The first-order valence-corrected chi connectivity index (χ1v) is 10.4. The zero-order valence-electron chi connectivity index (χ0n) is 12.0. The summed E-state index contributed by atoms with van der Waals surface area (Å²) in [5, 5.41) is 0.194. The first kappa shape index (κ1) is 17.3. The molecule has 1 aromatic rings. The van der Waals surface area contributed by atoms with E-state index in [2.05, 4.69) is 9.44 Å². The average Bonchev–Trinajstić information content (AvgIpc) is 2.42. The zero-order valence-corrected chi connectivity index (χ0v) is 14.4. The molecule has 0 unspecified atom stereocenters. The van der Waals surface area contributed by atoms with Gasteiger partial charge in [-0.25, -0.2) is 8.42 Å². The van der Waals surface area contributed by atoms with Gasteiger partial charge in [-0.1, -0.05) is 18.0 Å². The Hall–Kier alpha value is -1.03. The van der Waals surface area contributed by atoms with E-state index in [4.69, 9.17) is 11.6 Å². The standard InChI is InChI=1S/C12H18ClN3O4S2/c1-21(17,18)14-10-5-6-11(13)12(9-10)15-22(19,20)16-7-3-2-4-8-16/h5-6,9,14-15H,2-4,7-8H2,1H3. The number of nitrogens with one attached hydrogen (secondary N) is 2. The second-order valence-electron chi connectivity index (χ2n) is 5.14. The van der Waals surface area contributed by atoms with Crippen LogP contribution in [0.3, 0.4) is 0 Å². The molecule has 1 saturated heterocycles. The molecular weight excluding hydrogens is 350 g/mol. The average molecular weight is 368 g/mol. The molecule has 1 aliphatic heterocycles. The van der Waals surface area contributed by atoms with Crippen LogP contribution in [0, 0.1) is 0 Å². The molecule has 10 heteroatoms. The van der Waals surface area contributed by atoms with Gasteiger partial charge >= 0.3 is 10.2 Å². The molecule has 0 spiro atoms. The van der Waals surface area contributed by atoms with Crippen LogP contribution in [0.2, 0.25) is 5.02 Å². The van der Waals surface area contributed by atoms with Crippen molar-refractivity contribution >= 4 is 43.2 Å². The Labute approximate surface area is 135 Å². The summed E-state index contributed by atoms with van der Waals surface area (Å²) in [6.07, 6.45) is 3.67. The number of piperidine rings is 1. The minimum Gasteiger partial charge on any atom is -0.284 e. The van der Waals surface area contributed by atoms with Crippen molar-refractivity contribution in [1.82, 2.24) is 4.31 Å². The van der Waals surface area contributed by atoms with Crippen molar-refractivity contribution in [2.45, 2.75) is 19.3 Å². The summed E-state index contributed by atoms with van der Waals surface area (Å²) in [7, 11) is -7.15. The Morgan fingerprint density at radius 2 is 1.68 bits per heavy atom. The molecule has 7 nitrogen and oxygen atoms in total. The maximum absolute atomic E-state index is 12.3. The summed E-state index contributed by atoms with van der Waals surface area (Å²) in [5.74, 6) is 0. The monoisotopic (exact) mass is 367 g/mol. The molecule has 124 valence electrons. The number of rotatable bonds is 5. The Morgan fingerprint density at radius 1 is 1.05 bits per heavy atom. The van der Waals surface area contributed by atoms with E-state index in [0.29, 0.717) is 13.1 Å². The van der Waals surface area contributed by atoms with Crippen molar-refractivity contribution in [3.05, 3.63) is 23.2 Å². The first-order valence-electron chi connectivity index (χ1n) is 6.73. The number of sulfonamides is 1. The number of hydrogen-bond acceptors (Lipinski definition) is 4. The lowest BCUT2D eigenvalue weighted by Crippen LogP contribution is -2.39. The van der Waals surface area contributed by atoms with Gasteiger partial charge in [-0.15, -0.1) is 0 Å². The lowest BCUT2D eigenvalue weighted by molar-refractivity contribution is 0.349. The SMILES string of the molecule is CS(=O)(=O)Nc1ccc(Cl)c(NS(=O)(=O)N2CCCCC2)c1. The lowest BCUT2D eigenvalue weighted by Gasteiger charge is -2.26. The second-order valence-corrected chi connectivity index (χ2v) is 8.96. The van der Waals surface area contributed by atoms with E-state index in [1.807, 2.05) is 0 Å². The van der Waals surface area contributed by atoms with E-state index in [0.717, 1.165) is 25.5 Å². The highest BCUT2D eigenvalue weighted by atomic mass is 35.5. The largest absolute Gasteiger partial charge is 0.301 e. The fourth-order valence-electron chi connectivity index (χ4n) is 2.19. The Bertz CT molecular complexity index is 744. The summed E-state index contributed by atoms with van der Waals surface area (Å²) in [4.78, 5) is 0. The number of hydrogen-bond donors (Lipinski definition) is 2. The molecule has 0 aliphatic carbocycles. The molecule has 1 fully saturated rings. The maximum atomic E-state index is 12.3.